The van der Waals surface area contributed by atoms with Crippen molar-refractivity contribution in [1.29, 1.82) is 0 Å². The zero-order valence-corrected chi connectivity index (χ0v) is 7.67. The molecule has 0 aliphatic heterocycles. The van der Waals surface area contributed by atoms with E-state index in [0.29, 0.717) is 5.41 Å². The first-order valence-corrected chi connectivity index (χ1v) is 4.51. The van der Waals surface area contributed by atoms with E-state index >= 15 is 0 Å². The van der Waals surface area contributed by atoms with Crippen LogP contribution in [-0.4, -0.2) is 25.1 Å². The Kier molecular flexibility index (Phi) is 1.65. The Labute approximate surface area is 72.6 Å². The van der Waals surface area contributed by atoms with Crippen LogP contribution >= 0.6 is 0 Å². The highest BCUT2D eigenvalue weighted by molar-refractivity contribution is 5.81. The van der Waals surface area contributed by atoms with Crippen LogP contribution in [-0.2, 0) is 9.63 Å². The summed E-state index contributed by atoms with van der Waals surface area (Å²) in [4.78, 5) is 16.4. The van der Waals surface area contributed by atoms with Crippen molar-refractivity contribution in [3.63, 3.8) is 0 Å². The summed E-state index contributed by atoms with van der Waals surface area (Å²) in [6, 6.07) is 0. The minimum atomic E-state index is 0.164. The summed E-state index contributed by atoms with van der Waals surface area (Å²) >= 11 is 0. The monoisotopic (exact) mass is 169 g/mol. The first-order valence-electron chi connectivity index (χ1n) is 4.51. The van der Waals surface area contributed by atoms with Gasteiger partial charge in [-0.05, 0) is 24.7 Å². The maximum atomic E-state index is 11.5. The summed E-state index contributed by atoms with van der Waals surface area (Å²) in [5.41, 5.74) is 0.421. The van der Waals surface area contributed by atoms with Crippen molar-refractivity contribution >= 4 is 5.91 Å². The molecule has 0 aromatic carbocycles. The Morgan fingerprint density at radius 3 is 2.58 bits per heavy atom. The van der Waals surface area contributed by atoms with Gasteiger partial charge in [-0.3, -0.25) is 9.63 Å². The first kappa shape index (κ1) is 8.05. The molecule has 2 fully saturated rings. The van der Waals surface area contributed by atoms with Crippen LogP contribution in [0.3, 0.4) is 0 Å². The normalized spacial score (nSPS) is 29.7. The second-order valence-electron chi connectivity index (χ2n) is 3.99. The number of carbonyl (C=O) groups excluding carboxylic acids is 1. The fourth-order valence-corrected chi connectivity index (χ4v) is 2.19. The molecule has 0 bridgehead atoms. The molecule has 0 aromatic heterocycles. The summed E-state index contributed by atoms with van der Waals surface area (Å²) in [7, 11) is 3.22. The standard InChI is InChI=1S/C9H15NO2/c1-10(12-2)8(11)7-6-9(7)4-3-5-9/h7H,3-6H2,1-2H3/t7-/m1/s1. The largest absolute Gasteiger partial charge is 0.275 e. The zero-order chi connectivity index (χ0) is 8.77. The van der Waals surface area contributed by atoms with Gasteiger partial charge in [0, 0.05) is 13.0 Å². The number of hydrogen-bond acceptors (Lipinski definition) is 2. The molecule has 3 heteroatoms. The molecule has 2 aliphatic rings. The predicted octanol–water partition coefficient (Wildman–Crippen LogP) is 1.20. The van der Waals surface area contributed by atoms with Gasteiger partial charge < -0.3 is 0 Å². The number of carbonyl (C=O) groups is 1. The molecule has 0 saturated heterocycles. The summed E-state index contributed by atoms with van der Waals surface area (Å²) in [6.07, 6.45) is 4.90. The fourth-order valence-electron chi connectivity index (χ4n) is 2.19. The molecule has 2 aliphatic carbocycles. The Morgan fingerprint density at radius 2 is 2.25 bits per heavy atom. The molecule has 2 saturated carbocycles. The number of hydrogen-bond donors (Lipinski definition) is 0. The molecular formula is C9H15NO2. The van der Waals surface area contributed by atoms with Crippen LogP contribution in [0.2, 0.25) is 0 Å². The van der Waals surface area contributed by atoms with Crippen LogP contribution in [0.5, 0.6) is 0 Å². The molecule has 1 atom stereocenters. The molecule has 1 amide bonds. The highest BCUT2D eigenvalue weighted by Gasteiger charge is 2.61. The third kappa shape index (κ3) is 0.959. The quantitative estimate of drug-likeness (QED) is 0.581. The van der Waals surface area contributed by atoms with Gasteiger partial charge in [0.1, 0.15) is 0 Å². The summed E-state index contributed by atoms with van der Waals surface area (Å²) in [6.45, 7) is 0. The molecule has 0 heterocycles. The van der Waals surface area contributed by atoms with Crippen molar-refractivity contribution in [2.24, 2.45) is 11.3 Å². The lowest BCUT2D eigenvalue weighted by molar-refractivity contribution is -0.171. The van der Waals surface area contributed by atoms with Gasteiger partial charge in [-0.2, -0.15) is 0 Å². The molecule has 0 radical (unpaired) electrons. The van der Waals surface area contributed by atoms with Crippen LogP contribution in [0.4, 0.5) is 0 Å². The SMILES string of the molecule is CON(C)C(=O)[C@H]1CC12CCC2. The van der Waals surface area contributed by atoms with Crippen molar-refractivity contribution in [3.05, 3.63) is 0 Å². The Morgan fingerprint density at radius 1 is 1.58 bits per heavy atom. The van der Waals surface area contributed by atoms with Gasteiger partial charge in [-0.25, -0.2) is 5.06 Å². The first-order chi connectivity index (χ1) is 5.69. The smallest absolute Gasteiger partial charge is 0.249 e. The summed E-state index contributed by atoms with van der Waals surface area (Å²) in [5.74, 6) is 0.438. The number of nitrogens with zero attached hydrogens (tertiary/aromatic N) is 1. The summed E-state index contributed by atoms with van der Waals surface area (Å²) in [5, 5.41) is 1.36. The average molecular weight is 169 g/mol. The van der Waals surface area contributed by atoms with Crippen LogP contribution < -0.4 is 0 Å². The van der Waals surface area contributed by atoms with Crippen molar-refractivity contribution in [1.82, 2.24) is 5.06 Å². The molecule has 2 rings (SSSR count). The van der Waals surface area contributed by atoms with E-state index in [9.17, 15) is 4.79 Å². The van der Waals surface area contributed by atoms with Gasteiger partial charge in [0.05, 0.1) is 7.11 Å². The van der Waals surface area contributed by atoms with Gasteiger partial charge in [0.2, 0.25) is 5.91 Å². The van der Waals surface area contributed by atoms with Crippen molar-refractivity contribution in [2.45, 2.75) is 25.7 Å². The van der Waals surface area contributed by atoms with E-state index in [-0.39, 0.29) is 11.8 Å². The lowest BCUT2D eigenvalue weighted by Crippen LogP contribution is -2.30. The summed E-state index contributed by atoms with van der Waals surface area (Å²) < 4.78 is 0. The third-order valence-electron chi connectivity index (χ3n) is 3.42. The second kappa shape index (κ2) is 2.46. The lowest BCUT2D eigenvalue weighted by atomic mass is 9.80. The molecule has 68 valence electrons. The van der Waals surface area contributed by atoms with Crippen molar-refractivity contribution in [3.8, 4) is 0 Å². The molecule has 3 nitrogen and oxygen atoms in total. The number of hydroxylamine groups is 2. The molecule has 1 spiro atoms. The van der Waals surface area contributed by atoms with E-state index in [2.05, 4.69) is 0 Å². The van der Waals surface area contributed by atoms with Crippen LogP contribution in [0.15, 0.2) is 0 Å². The molecule has 12 heavy (non-hydrogen) atoms. The highest BCUT2D eigenvalue weighted by Crippen LogP contribution is 2.65. The topological polar surface area (TPSA) is 29.5 Å². The maximum Gasteiger partial charge on any atom is 0.249 e. The van der Waals surface area contributed by atoms with Crippen molar-refractivity contribution < 1.29 is 9.63 Å². The van der Waals surface area contributed by atoms with Crippen molar-refractivity contribution in [2.75, 3.05) is 14.2 Å². The van der Waals surface area contributed by atoms with Crippen LogP contribution in [0.25, 0.3) is 0 Å². The van der Waals surface area contributed by atoms with E-state index in [1.54, 1.807) is 7.05 Å². The Balaban J connectivity index is 1.91. The van der Waals surface area contributed by atoms with E-state index in [0.717, 1.165) is 6.42 Å². The maximum absolute atomic E-state index is 11.5. The minimum absolute atomic E-state index is 0.164. The van der Waals surface area contributed by atoms with Gasteiger partial charge in [-0.1, -0.05) is 6.42 Å². The van der Waals surface area contributed by atoms with E-state index in [1.165, 1.54) is 31.4 Å². The van der Waals surface area contributed by atoms with Crippen LogP contribution in [0.1, 0.15) is 25.7 Å². The molecule has 0 unspecified atom stereocenters. The highest BCUT2D eigenvalue weighted by atomic mass is 16.7. The zero-order valence-electron chi connectivity index (χ0n) is 7.67. The molecule has 0 aromatic rings. The lowest BCUT2D eigenvalue weighted by Gasteiger charge is -2.27. The number of amides is 1. The molecular weight excluding hydrogens is 154 g/mol. The fraction of sp³-hybridized carbons (Fsp3) is 0.889. The Hall–Kier alpha value is -0.570. The predicted molar refractivity (Wildman–Crippen MR) is 44.2 cm³/mol. The average Bonchev–Trinajstić information content (AvgIpc) is 2.75. The van der Waals surface area contributed by atoms with E-state index < -0.39 is 0 Å². The van der Waals surface area contributed by atoms with Gasteiger partial charge in [-0.15, -0.1) is 0 Å². The molecule has 0 N–H and O–H groups in total. The van der Waals surface area contributed by atoms with Gasteiger partial charge >= 0.3 is 0 Å². The Bertz CT molecular complexity index is 211. The van der Waals surface area contributed by atoms with Gasteiger partial charge in [0.25, 0.3) is 0 Å². The second-order valence-corrected chi connectivity index (χ2v) is 3.99. The van der Waals surface area contributed by atoms with E-state index in [4.69, 9.17) is 4.84 Å². The van der Waals surface area contributed by atoms with Gasteiger partial charge in [0.15, 0.2) is 0 Å². The minimum Gasteiger partial charge on any atom is -0.275 e. The van der Waals surface area contributed by atoms with Crippen LogP contribution in [0, 0.1) is 11.3 Å². The third-order valence-corrected chi connectivity index (χ3v) is 3.42. The van der Waals surface area contributed by atoms with E-state index in [1.807, 2.05) is 0 Å². The number of rotatable bonds is 2.